The van der Waals surface area contributed by atoms with Crippen molar-refractivity contribution in [1.82, 2.24) is 14.9 Å². The lowest BCUT2D eigenvalue weighted by molar-refractivity contribution is -0.166. The molecule has 0 saturated heterocycles. The summed E-state index contributed by atoms with van der Waals surface area (Å²) in [5, 5.41) is 1.44. The number of hydrogen-bond acceptors (Lipinski definition) is 6. The number of ether oxygens (including phenoxy) is 1. The number of anilines is 1. The minimum atomic E-state index is -5.08. The van der Waals surface area contributed by atoms with Gasteiger partial charge in [0.15, 0.2) is 6.04 Å². The molecule has 0 spiro atoms. The zero-order valence-corrected chi connectivity index (χ0v) is 20.3. The molecule has 0 fully saturated rings. The van der Waals surface area contributed by atoms with Crippen LogP contribution in [0.15, 0.2) is 41.0 Å². The summed E-state index contributed by atoms with van der Waals surface area (Å²) in [5.41, 5.74) is 6.87. The SMILES string of the molecule is C=C(/N=C(C)\C(=C(\C)N)N1CCCn2c1nc1c(Cl)ccc(C(NC(=O)C(F)F)C(F)(F)F)c12)OC. The van der Waals surface area contributed by atoms with Gasteiger partial charge < -0.3 is 25.3 Å². The van der Waals surface area contributed by atoms with E-state index in [9.17, 15) is 26.7 Å². The summed E-state index contributed by atoms with van der Waals surface area (Å²) >= 11 is 6.29. The van der Waals surface area contributed by atoms with Crippen molar-refractivity contribution in [2.75, 3.05) is 18.6 Å². The Morgan fingerprint density at radius 1 is 1.31 bits per heavy atom. The van der Waals surface area contributed by atoms with E-state index in [-0.39, 0.29) is 34.4 Å². The smallest absolute Gasteiger partial charge is 0.412 e. The Hall–Kier alpha value is -3.35. The van der Waals surface area contributed by atoms with Crippen LogP contribution >= 0.6 is 11.6 Å². The lowest BCUT2D eigenvalue weighted by Gasteiger charge is -2.32. The summed E-state index contributed by atoms with van der Waals surface area (Å²) in [5.74, 6) is -1.71. The molecule has 3 rings (SSSR count). The first-order valence-corrected chi connectivity index (χ1v) is 11.0. The lowest BCUT2D eigenvalue weighted by Crippen LogP contribution is -2.41. The number of imidazole rings is 1. The number of rotatable bonds is 7. The Balaban J connectivity index is 2.26. The summed E-state index contributed by atoms with van der Waals surface area (Å²) in [6.45, 7) is 7.60. The van der Waals surface area contributed by atoms with Gasteiger partial charge in [0.25, 0.3) is 5.91 Å². The fourth-order valence-corrected chi connectivity index (χ4v) is 4.29. The normalized spacial score (nSPS) is 16.1. The second-order valence-corrected chi connectivity index (χ2v) is 8.42. The molecule has 1 aromatic heterocycles. The molecule has 8 nitrogen and oxygen atoms in total. The van der Waals surface area contributed by atoms with E-state index in [1.807, 2.05) is 0 Å². The summed E-state index contributed by atoms with van der Waals surface area (Å²) in [6, 6.07) is -0.492. The van der Waals surface area contributed by atoms with Crippen LogP contribution in [-0.4, -0.2) is 47.4 Å². The Kier molecular flexibility index (Phi) is 7.82. The number of hydrogen-bond donors (Lipinski definition) is 2. The molecule has 2 heterocycles. The number of aromatic nitrogens is 2. The van der Waals surface area contributed by atoms with Crippen LogP contribution in [0.25, 0.3) is 11.0 Å². The Morgan fingerprint density at radius 3 is 2.53 bits per heavy atom. The van der Waals surface area contributed by atoms with Crippen LogP contribution in [0.3, 0.4) is 0 Å². The van der Waals surface area contributed by atoms with Crippen LogP contribution in [0.4, 0.5) is 27.9 Å². The van der Waals surface area contributed by atoms with E-state index < -0.39 is 30.1 Å². The monoisotopic (exact) mass is 534 g/mol. The molecule has 3 N–H and O–H groups in total. The molecule has 0 bridgehead atoms. The van der Waals surface area contributed by atoms with Gasteiger partial charge >= 0.3 is 12.6 Å². The third-order valence-electron chi connectivity index (χ3n) is 5.50. The fraction of sp³-hybridized carbons (Fsp3) is 0.409. The average Bonchev–Trinajstić information content (AvgIpc) is 3.18. The number of nitrogens with one attached hydrogen (secondary N) is 1. The van der Waals surface area contributed by atoms with Crippen LogP contribution < -0.4 is 16.0 Å². The van der Waals surface area contributed by atoms with Gasteiger partial charge in [0.2, 0.25) is 11.8 Å². The number of carbonyl (C=O) groups excluding carboxylic acids is 1. The van der Waals surface area contributed by atoms with Crippen molar-refractivity contribution in [1.29, 1.82) is 0 Å². The van der Waals surface area contributed by atoms with E-state index in [2.05, 4.69) is 16.6 Å². The highest BCUT2D eigenvalue weighted by Gasteiger charge is 2.45. The zero-order chi connectivity index (χ0) is 26.9. The van der Waals surface area contributed by atoms with Crippen molar-refractivity contribution in [3.05, 3.63) is 46.6 Å². The number of nitrogens with two attached hydrogens (primary N) is 1. The van der Waals surface area contributed by atoms with E-state index in [1.54, 1.807) is 18.7 Å². The second-order valence-electron chi connectivity index (χ2n) is 8.01. The van der Waals surface area contributed by atoms with Crippen LogP contribution in [0.1, 0.15) is 31.9 Å². The molecule has 1 aliphatic rings. The molecule has 36 heavy (non-hydrogen) atoms. The van der Waals surface area contributed by atoms with Crippen molar-refractivity contribution >= 4 is 40.2 Å². The van der Waals surface area contributed by atoms with Crippen LogP contribution in [0.5, 0.6) is 0 Å². The van der Waals surface area contributed by atoms with E-state index in [0.717, 1.165) is 6.07 Å². The van der Waals surface area contributed by atoms with E-state index >= 15 is 0 Å². The number of halogens is 6. The predicted molar refractivity (Wildman–Crippen MR) is 126 cm³/mol. The second kappa shape index (κ2) is 10.3. The molecule has 1 aliphatic heterocycles. The number of amides is 1. The highest BCUT2D eigenvalue weighted by Crippen LogP contribution is 2.41. The number of nitrogens with zero attached hydrogens (tertiary/aromatic N) is 4. The maximum absolute atomic E-state index is 14.0. The summed E-state index contributed by atoms with van der Waals surface area (Å²) in [4.78, 5) is 22.0. The number of methoxy groups -OCH3 is 1. The molecular weight excluding hydrogens is 511 g/mol. The van der Waals surface area contributed by atoms with Gasteiger partial charge in [-0.05, 0) is 32.9 Å². The molecule has 1 unspecified atom stereocenters. The molecule has 2 aromatic rings. The number of aryl methyl sites for hydroxylation is 1. The third-order valence-corrected chi connectivity index (χ3v) is 5.80. The average molecular weight is 535 g/mol. The van der Waals surface area contributed by atoms with Gasteiger partial charge in [0, 0.05) is 24.4 Å². The van der Waals surface area contributed by atoms with E-state index in [1.165, 1.54) is 23.1 Å². The number of carbonyl (C=O) groups is 1. The first-order chi connectivity index (χ1) is 16.8. The number of fused-ring (bicyclic) bond motifs is 3. The van der Waals surface area contributed by atoms with Gasteiger partial charge in [0.05, 0.1) is 29.1 Å². The molecule has 1 aromatic carbocycles. The Labute approximate surface area is 208 Å². The molecule has 0 radical (unpaired) electrons. The maximum Gasteiger partial charge on any atom is 0.412 e. The minimum absolute atomic E-state index is 0.0153. The summed E-state index contributed by atoms with van der Waals surface area (Å²) in [7, 11) is 1.39. The topological polar surface area (TPSA) is 97.8 Å². The first-order valence-electron chi connectivity index (χ1n) is 10.6. The van der Waals surface area contributed by atoms with Gasteiger partial charge in [-0.25, -0.2) is 9.98 Å². The molecule has 196 valence electrons. The van der Waals surface area contributed by atoms with Gasteiger partial charge in [-0.15, -0.1) is 0 Å². The highest BCUT2D eigenvalue weighted by molar-refractivity contribution is 6.35. The van der Waals surface area contributed by atoms with Gasteiger partial charge in [-0.2, -0.15) is 22.0 Å². The van der Waals surface area contributed by atoms with Crippen LogP contribution in [-0.2, 0) is 16.1 Å². The number of alkyl halides is 5. The number of benzene rings is 1. The van der Waals surface area contributed by atoms with Gasteiger partial charge in [-0.3, -0.25) is 4.79 Å². The molecule has 1 atom stereocenters. The highest BCUT2D eigenvalue weighted by atomic mass is 35.5. The van der Waals surface area contributed by atoms with Crippen molar-refractivity contribution in [3.8, 4) is 0 Å². The van der Waals surface area contributed by atoms with Crippen LogP contribution in [0, 0.1) is 0 Å². The van der Waals surface area contributed by atoms with E-state index in [4.69, 9.17) is 22.1 Å². The molecule has 14 heteroatoms. The standard InChI is InChI=1S/C22H24ClF5N6O2/c1-10(29)16(11(2)30-12(3)36-4)33-8-5-9-34-17-13(6-7-14(23)15(17)31-21(33)34)18(22(26,27)28)32-20(35)19(24)25/h6-7,18-19H,3,5,8-9,29H2,1-2,4H3,(H,32,35)/b16-10+,30-11-. The molecule has 1 amide bonds. The third kappa shape index (κ3) is 5.25. The minimum Gasteiger partial charge on any atom is -0.481 e. The van der Waals surface area contributed by atoms with Crippen molar-refractivity contribution < 1.29 is 31.5 Å². The number of aliphatic imine (C=N–C) groups is 1. The van der Waals surface area contributed by atoms with Gasteiger partial charge in [0.1, 0.15) is 5.52 Å². The predicted octanol–water partition coefficient (Wildman–Crippen LogP) is 4.65. The van der Waals surface area contributed by atoms with Gasteiger partial charge in [-0.1, -0.05) is 17.7 Å². The largest absolute Gasteiger partial charge is 0.481 e. The molecule has 0 aliphatic carbocycles. The zero-order valence-electron chi connectivity index (χ0n) is 19.6. The maximum atomic E-state index is 14.0. The molecule has 0 saturated carbocycles. The van der Waals surface area contributed by atoms with Crippen molar-refractivity contribution in [2.24, 2.45) is 10.7 Å². The van der Waals surface area contributed by atoms with Crippen molar-refractivity contribution in [3.63, 3.8) is 0 Å². The number of allylic oxidation sites excluding steroid dienone is 2. The first kappa shape index (κ1) is 27.2. The Bertz CT molecular complexity index is 1250. The van der Waals surface area contributed by atoms with E-state index in [0.29, 0.717) is 30.1 Å². The lowest BCUT2D eigenvalue weighted by atomic mass is 10.0. The fourth-order valence-electron chi connectivity index (χ4n) is 4.09. The Morgan fingerprint density at radius 2 is 1.97 bits per heavy atom. The molecular formula is C22H24ClF5N6O2. The summed E-state index contributed by atoms with van der Waals surface area (Å²) < 4.78 is 74.1. The summed E-state index contributed by atoms with van der Waals surface area (Å²) in [6.07, 6.45) is -8.23. The quantitative estimate of drug-likeness (QED) is 0.306. The van der Waals surface area contributed by atoms with Crippen LogP contribution in [0.2, 0.25) is 5.02 Å². The van der Waals surface area contributed by atoms with Crippen molar-refractivity contribution in [2.45, 2.75) is 45.5 Å².